The van der Waals surface area contributed by atoms with E-state index in [-0.39, 0.29) is 11.9 Å². The number of aromatic hydroxyl groups is 1. The Bertz CT molecular complexity index is 853. The fraction of sp³-hybridized carbons (Fsp3) is 0.333. The van der Waals surface area contributed by atoms with Crippen LogP contribution in [0.25, 0.3) is 16.9 Å². The molecule has 4 rings (SSSR count). The highest BCUT2D eigenvalue weighted by atomic mass is 16.3. The quantitative estimate of drug-likeness (QED) is 0.690. The van der Waals surface area contributed by atoms with E-state index in [0.29, 0.717) is 6.04 Å². The van der Waals surface area contributed by atoms with Gasteiger partial charge in [0.15, 0.2) is 5.65 Å². The summed E-state index contributed by atoms with van der Waals surface area (Å²) in [5, 5.41) is 27.4. The van der Waals surface area contributed by atoms with Gasteiger partial charge in [-0.25, -0.2) is 9.50 Å². The lowest BCUT2D eigenvalue weighted by molar-refractivity contribution is 0.126. The van der Waals surface area contributed by atoms with Crippen molar-refractivity contribution in [2.75, 3.05) is 5.32 Å². The van der Waals surface area contributed by atoms with E-state index in [1.54, 1.807) is 28.9 Å². The van der Waals surface area contributed by atoms with E-state index in [4.69, 9.17) is 0 Å². The molecule has 2 aromatic heterocycles. The first-order valence-corrected chi connectivity index (χ1v) is 8.28. The molecule has 2 heterocycles. The lowest BCUT2D eigenvalue weighted by Gasteiger charge is -2.26. The number of phenols is 1. The Hall–Kier alpha value is -2.60. The number of anilines is 1. The first-order chi connectivity index (χ1) is 11.7. The Kier molecular flexibility index (Phi) is 3.82. The van der Waals surface area contributed by atoms with Crippen molar-refractivity contribution in [3.05, 3.63) is 42.6 Å². The van der Waals surface area contributed by atoms with E-state index in [9.17, 15) is 10.2 Å². The summed E-state index contributed by atoms with van der Waals surface area (Å²) in [5.74, 6) is 1.01. The molecule has 24 heavy (non-hydrogen) atoms. The summed E-state index contributed by atoms with van der Waals surface area (Å²) >= 11 is 0. The monoisotopic (exact) mass is 324 g/mol. The molecule has 0 atom stereocenters. The predicted octanol–water partition coefficient (Wildman–Crippen LogP) is 2.82. The van der Waals surface area contributed by atoms with Gasteiger partial charge in [-0.2, -0.15) is 0 Å². The summed E-state index contributed by atoms with van der Waals surface area (Å²) in [6.07, 6.45) is 5.16. The standard InChI is InChI=1S/C18H20N4O2/c23-14-6-4-13(5-7-14)20-17-8-9-18-19-11-16(22(18)21-17)12-2-1-3-15(24)10-12/h1-3,8-11,13-14,23-24H,4-7H2,(H,20,21)/t13-,14-. The van der Waals surface area contributed by atoms with E-state index in [1.165, 1.54) is 0 Å². The Morgan fingerprint density at radius 1 is 1.08 bits per heavy atom. The van der Waals surface area contributed by atoms with Gasteiger partial charge in [-0.3, -0.25) is 0 Å². The number of hydrogen-bond donors (Lipinski definition) is 3. The maximum absolute atomic E-state index is 9.69. The molecule has 124 valence electrons. The molecule has 6 nitrogen and oxygen atoms in total. The number of rotatable bonds is 3. The van der Waals surface area contributed by atoms with E-state index < -0.39 is 0 Å². The number of aromatic nitrogens is 3. The molecule has 0 aliphatic heterocycles. The third-order valence-electron chi connectivity index (χ3n) is 4.55. The van der Waals surface area contributed by atoms with Crippen molar-refractivity contribution in [1.82, 2.24) is 14.6 Å². The second-order valence-electron chi connectivity index (χ2n) is 6.33. The van der Waals surface area contributed by atoms with Crippen LogP contribution in [0.1, 0.15) is 25.7 Å². The number of fused-ring (bicyclic) bond motifs is 1. The zero-order chi connectivity index (χ0) is 16.5. The minimum Gasteiger partial charge on any atom is -0.508 e. The second-order valence-corrected chi connectivity index (χ2v) is 6.33. The molecule has 0 bridgehead atoms. The SMILES string of the molecule is Oc1cccc(-c2cnc3ccc(N[C@H]4CC[C@H](O)CC4)nn23)c1. The van der Waals surface area contributed by atoms with Crippen LogP contribution >= 0.6 is 0 Å². The van der Waals surface area contributed by atoms with Gasteiger partial charge in [-0.05, 0) is 49.9 Å². The van der Waals surface area contributed by atoms with Crippen LogP contribution in [0.3, 0.4) is 0 Å². The Labute approximate surface area is 139 Å². The second kappa shape index (κ2) is 6.13. The molecule has 0 saturated heterocycles. The van der Waals surface area contributed by atoms with Crippen LogP contribution in [0, 0.1) is 0 Å². The number of imidazole rings is 1. The highest BCUT2D eigenvalue weighted by molar-refractivity contribution is 5.65. The van der Waals surface area contributed by atoms with E-state index in [0.717, 1.165) is 48.4 Å². The van der Waals surface area contributed by atoms with Gasteiger partial charge < -0.3 is 15.5 Å². The third-order valence-corrected chi connectivity index (χ3v) is 4.55. The van der Waals surface area contributed by atoms with Crippen molar-refractivity contribution in [2.45, 2.75) is 37.8 Å². The molecule has 3 N–H and O–H groups in total. The molecule has 1 aromatic carbocycles. The molecule has 3 aromatic rings. The Balaban J connectivity index is 1.63. The number of phenolic OH excluding ortho intramolecular Hbond substituents is 1. The lowest BCUT2D eigenvalue weighted by Crippen LogP contribution is -2.28. The van der Waals surface area contributed by atoms with Crippen molar-refractivity contribution < 1.29 is 10.2 Å². The van der Waals surface area contributed by atoms with Gasteiger partial charge in [0.05, 0.1) is 18.0 Å². The predicted molar refractivity (Wildman–Crippen MR) is 92.0 cm³/mol. The average molecular weight is 324 g/mol. The summed E-state index contributed by atoms with van der Waals surface area (Å²) in [6, 6.07) is 11.3. The summed E-state index contributed by atoms with van der Waals surface area (Å²) in [7, 11) is 0. The fourth-order valence-electron chi connectivity index (χ4n) is 3.24. The van der Waals surface area contributed by atoms with E-state index in [2.05, 4.69) is 15.4 Å². The minimum absolute atomic E-state index is 0.163. The molecule has 0 amide bonds. The zero-order valence-corrected chi connectivity index (χ0v) is 13.3. The van der Waals surface area contributed by atoms with Gasteiger partial charge in [-0.1, -0.05) is 12.1 Å². The van der Waals surface area contributed by atoms with Gasteiger partial charge in [0.2, 0.25) is 0 Å². The number of benzene rings is 1. The van der Waals surface area contributed by atoms with E-state index >= 15 is 0 Å². The number of aliphatic hydroxyl groups is 1. The number of nitrogens with zero attached hydrogens (tertiary/aromatic N) is 3. The molecule has 6 heteroatoms. The fourth-order valence-corrected chi connectivity index (χ4v) is 3.24. The molecular formula is C18H20N4O2. The maximum Gasteiger partial charge on any atom is 0.154 e. The van der Waals surface area contributed by atoms with Crippen molar-refractivity contribution in [2.24, 2.45) is 0 Å². The summed E-state index contributed by atoms with van der Waals surface area (Å²) < 4.78 is 1.79. The summed E-state index contributed by atoms with van der Waals surface area (Å²) in [4.78, 5) is 4.38. The van der Waals surface area contributed by atoms with E-state index in [1.807, 2.05) is 18.2 Å². The molecule has 0 radical (unpaired) electrons. The van der Waals surface area contributed by atoms with Crippen LogP contribution in [-0.2, 0) is 0 Å². The number of nitrogens with one attached hydrogen (secondary N) is 1. The van der Waals surface area contributed by atoms with Crippen molar-refractivity contribution >= 4 is 11.5 Å². The third kappa shape index (κ3) is 2.92. The van der Waals surface area contributed by atoms with Crippen LogP contribution in [0.15, 0.2) is 42.6 Å². The number of aliphatic hydroxyl groups excluding tert-OH is 1. The molecule has 1 aliphatic rings. The molecule has 1 aliphatic carbocycles. The van der Waals surface area contributed by atoms with Gasteiger partial charge in [0, 0.05) is 11.6 Å². The van der Waals surface area contributed by atoms with Crippen LogP contribution in [0.2, 0.25) is 0 Å². The highest BCUT2D eigenvalue weighted by Crippen LogP contribution is 2.25. The van der Waals surface area contributed by atoms with Crippen molar-refractivity contribution in [3.63, 3.8) is 0 Å². The lowest BCUT2D eigenvalue weighted by atomic mass is 9.93. The van der Waals surface area contributed by atoms with Crippen LogP contribution in [0.4, 0.5) is 5.82 Å². The van der Waals surface area contributed by atoms with Gasteiger partial charge >= 0.3 is 0 Å². The summed E-state index contributed by atoms with van der Waals surface area (Å²) in [5.41, 5.74) is 2.47. The normalized spacial score (nSPS) is 21.0. The Morgan fingerprint density at radius 2 is 1.92 bits per heavy atom. The minimum atomic E-state index is -0.163. The van der Waals surface area contributed by atoms with Crippen molar-refractivity contribution in [3.8, 4) is 17.0 Å². The Morgan fingerprint density at radius 3 is 2.71 bits per heavy atom. The molecule has 1 fully saturated rings. The zero-order valence-electron chi connectivity index (χ0n) is 13.3. The maximum atomic E-state index is 9.69. The largest absolute Gasteiger partial charge is 0.508 e. The number of hydrogen-bond acceptors (Lipinski definition) is 5. The van der Waals surface area contributed by atoms with Gasteiger partial charge in [-0.15, -0.1) is 5.10 Å². The highest BCUT2D eigenvalue weighted by Gasteiger charge is 2.19. The molecular weight excluding hydrogens is 304 g/mol. The van der Waals surface area contributed by atoms with Crippen molar-refractivity contribution in [1.29, 1.82) is 0 Å². The first kappa shape index (κ1) is 15.0. The molecule has 0 unspecified atom stereocenters. The van der Waals surface area contributed by atoms with Gasteiger partial charge in [0.1, 0.15) is 11.6 Å². The molecule has 0 spiro atoms. The summed E-state index contributed by atoms with van der Waals surface area (Å²) in [6.45, 7) is 0. The topological polar surface area (TPSA) is 82.7 Å². The molecule has 1 saturated carbocycles. The first-order valence-electron chi connectivity index (χ1n) is 8.28. The smallest absolute Gasteiger partial charge is 0.154 e. The average Bonchev–Trinajstić information content (AvgIpc) is 3.00. The van der Waals surface area contributed by atoms with Crippen LogP contribution < -0.4 is 5.32 Å². The van der Waals surface area contributed by atoms with Crippen LogP contribution in [0.5, 0.6) is 5.75 Å². The van der Waals surface area contributed by atoms with Crippen LogP contribution in [-0.4, -0.2) is 37.0 Å². The van der Waals surface area contributed by atoms with Gasteiger partial charge in [0.25, 0.3) is 0 Å².